The van der Waals surface area contributed by atoms with Gasteiger partial charge in [0.05, 0.1) is 37.2 Å². The maximum atomic E-state index is 13.6. The predicted octanol–water partition coefficient (Wildman–Crippen LogP) is 2.41. The summed E-state index contributed by atoms with van der Waals surface area (Å²) >= 11 is 0. The van der Waals surface area contributed by atoms with Gasteiger partial charge in [-0.05, 0) is 49.6 Å². The van der Waals surface area contributed by atoms with Gasteiger partial charge in [0, 0.05) is 45.0 Å². The van der Waals surface area contributed by atoms with E-state index in [2.05, 4.69) is 36.1 Å². The summed E-state index contributed by atoms with van der Waals surface area (Å²) in [5.41, 5.74) is 2.75. The molecule has 4 fully saturated rings. The first kappa shape index (κ1) is 23.0. The van der Waals surface area contributed by atoms with E-state index in [0.717, 1.165) is 81.5 Å². The molecule has 188 valence electrons. The van der Waals surface area contributed by atoms with Crippen LogP contribution in [0.5, 0.6) is 5.75 Å². The SMILES string of the molecule is COc1ccccc1N1CCN(C(=O)[C@H]2CN3CC[C@@H]2C[C@@H]3Cn2cc(-c3ccccn3)nn2)CC1. The number of amides is 1. The van der Waals surface area contributed by atoms with Gasteiger partial charge in [-0.25, -0.2) is 0 Å². The Balaban J connectivity index is 1.05. The third kappa shape index (κ3) is 4.43. The van der Waals surface area contributed by atoms with Crippen molar-refractivity contribution in [1.82, 2.24) is 29.8 Å². The normalized spacial score (nSPS) is 25.7. The molecule has 9 nitrogen and oxygen atoms in total. The van der Waals surface area contributed by atoms with E-state index in [0.29, 0.717) is 17.9 Å². The summed E-state index contributed by atoms with van der Waals surface area (Å²) in [4.78, 5) is 24.8. The van der Waals surface area contributed by atoms with Gasteiger partial charge in [0.15, 0.2) is 0 Å². The molecule has 2 bridgehead atoms. The highest BCUT2D eigenvalue weighted by Crippen LogP contribution is 2.38. The molecule has 4 saturated heterocycles. The van der Waals surface area contributed by atoms with Gasteiger partial charge in [-0.15, -0.1) is 5.10 Å². The van der Waals surface area contributed by atoms with Crippen LogP contribution in [0.1, 0.15) is 12.8 Å². The molecule has 1 amide bonds. The van der Waals surface area contributed by atoms with Crippen molar-refractivity contribution in [2.24, 2.45) is 11.8 Å². The zero-order valence-electron chi connectivity index (χ0n) is 20.7. The van der Waals surface area contributed by atoms with Crippen LogP contribution in [-0.4, -0.2) is 88.1 Å². The maximum absolute atomic E-state index is 13.6. The van der Waals surface area contributed by atoms with Gasteiger partial charge in [-0.1, -0.05) is 23.4 Å². The van der Waals surface area contributed by atoms with Gasteiger partial charge in [0.2, 0.25) is 5.91 Å². The van der Waals surface area contributed by atoms with E-state index in [1.54, 1.807) is 13.3 Å². The Morgan fingerprint density at radius 2 is 1.86 bits per heavy atom. The number of ether oxygens (including phenoxy) is 1. The molecule has 1 aromatic carbocycles. The van der Waals surface area contributed by atoms with Crippen molar-refractivity contribution in [3.05, 3.63) is 54.9 Å². The Bertz CT molecular complexity index is 1190. The zero-order chi connectivity index (χ0) is 24.5. The monoisotopic (exact) mass is 487 g/mol. The molecule has 0 radical (unpaired) electrons. The first-order valence-electron chi connectivity index (χ1n) is 12.9. The summed E-state index contributed by atoms with van der Waals surface area (Å²) in [7, 11) is 1.71. The fourth-order valence-electron chi connectivity index (χ4n) is 6.14. The molecule has 3 aromatic rings. The highest BCUT2D eigenvalue weighted by atomic mass is 16.5. The molecule has 0 spiro atoms. The Morgan fingerprint density at radius 3 is 2.61 bits per heavy atom. The van der Waals surface area contributed by atoms with E-state index in [9.17, 15) is 4.79 Å². The molecule has 4 aliphatic rings. The number of aromatic nitrogens is 4. The van der Waals surface area contributed by atoms with Gasteiger partial charge in [-0.2, -0.15) is 0 Å². The fraction of sp³-hybridized carbons (Fsp3) is 0.481. The van der Waals surface area contributed by atoms with Gasteiger partial charge in [-0.3, -0.25) is 19.4 Å². The molecule has 0 saturated carbocycles. The molecule has 9 heteroatoms. The molecular formula is C27H33N7O2. The van der Waals surface area contributed by atoms with Crippen LogP contribution in [0, 0.1) is 11.8 Å². The van der Waals surface area contributed by atoms with E-state index >= 15 is 0 Å². The van der Waals surface area contributed by atoms with Crippen molar-refractivity contribution < 1.29 is 9.53 Å². The molecule has 1 unspecified atom stereocenters. The van der Waals surface area contributed by atoms with Crippen LogP contribution in [0.2, 0.25) is 0 Å². The number of pyridine rings is 1. The van der Waals surface area contributed by atoms with Gasteiger partial charge >= 0.3 is 0 Å². The molecule has 0 aliphatic carbocycles. The second-order valence-electron chi connectivity index (χ2n) is 10.1. The van der Waals surface area contributed by atoms with E-state index < -0.39 is 0 Å². The highest BCUT2D eigenvalue weighted by molar-refractivity contribution is 5.80. The highest BCUT2D eigenvalue weighted by Gasteiger charge is 2.44. The first-order valence-corrected chi connectivity index (χ1v) is 12.9. The van der Waals surface area contributed by atoms with Crippen LogP contribution in [0.4, 0.5) is 5.69 Å². The van der Waals surface area contributed by atoms with Crippen LogP contribution in [0.25, 0.3) is 11.4 Å². The summed E-state index contributed by atoms with van der Waals surface area (Å²) in [6.45, 7) is 5.90. The Morgan fingerprint density at radius 1 is 1.03 bits per heavy atom. The third-order valence-electron chi connectivity index (χ3n) is 8.08. The quantitative estimate of drug-likeness (QED) is 0.528. The van der Waals surface area contributed by atoms with Crippen molar-refractivity contribution in [3.63, 3.8) is 0 Å². The smallest absolute Gasteiger partial charge is 0.227 e. The lowest BCUT2D eigenvalue weighted by Gasteiger charge is -2.50. The minimum absolute atomic E-state index is 0.104. The number of carbonyl (C=O) groups excluding carboxylic acids is 1. The Hall–Kier alpha value is -3.46. The molecule has 0 N–H and O–H groups in total. The van der Waals surface area contributed by atoms with Gasteiger partial charge < -0.3 is 14.5 Å². The molecule has 4 aliphatic heterocycles. The van der Waals surface area contributed by atoms with Gasteiger partial charge in [0.1, 0.15) is 11.4 Å². The zero-order valence-corrected chi connectivity index (χ0v) is 20.7. The summed E-state index contributed by atoms with van der Waals surface area (Å²) in [5, 5.41) is 8.67. The number of hydrogen-bond acceptors (Lipinski definition) is 7. The lowest BCUT2D eigenvalue weighted by Crippen LogP contribution is -2.60. The standard InChI is InChI=1S/C27H33N7O2/c1-36-26-8-3-2-7-25(26)31-12-14-32(15-13-31)27(35)22-18-33-11-9-20(22)16-21(33)17-34-19-24(29-30-34)23-6-4-5-10-28-23/h2-8,10,19-22H,9,11-18H2,1H3/t20-,21-,22+/m1/s1. The largest absolute Gasteiger partial charge is 0.495 e. The van der Waals surface area contributed by atoms with Crippen molar-refractivity contribution in [2.75, 3.05) is 51.3 Å². The topological polar surface area (TPSA) is 79.6 Å². The van der Waals surface area contributed by atoms with Crippen molar-refractivity contribution >= 4 is 11.6 Å². The number of para-hydroxylation sites is 2. The summed E-state index contributed by atoms with van der Waals surface area (Å²) in [6.07, 6.45) is 5.90. The average Bonchev–Trinajstić information content (AvgIpc) is 3.42. The van der Waals surface area contributed by atoms with E-state index in [4.69, 9.17) is 4.74 Å². The Kier molecular flexibility index (Phi) is 6.31. The number of fused-ring (bicyclic) bond motifs is 3. The van der Waals surface area contributed by atoms with Crippen LogP contribution in [-0.2, 0) is 11.3 Å². The maximum Gasteiger partial charge on any atom is 0.227 e. The molecule has 36 heavy (non-hydrogen) atoms. The molecule has 4 atom stereocenters. The lowest BCUT2D eigenvalue weighted by atomic mass is 9.75. The van der Waals surface area contributed by atoms with Crippen molar-refractivity contribution in [2.45, 2.75) is 25.4 Å². The molecule has 2 aromatic heterocycles. The Labute approximate surface area is 211 Å². The van der Waals surface area contributed by atoms with E-state index in [1.807, 2.05) is 47.3 Å². The number of piperidine rings is 3. The number of piperazine rings is 1. The minimum Gasteiger partial charge on any atom is -0.495 e. The number of carbonyl (C=O) groups is 1. The number of hydrogen-bond donors (Lipinski definition) is 0. The summed E-state index contributed by atoms with van der Waals surface area (Å²) in [5.74, 6) is 1.77. The molecular weight excluding hydrogens is 454 g/mol. The van der Waals surface area contributed by atoms with E-state index in [1.165, 1.54) is 0 Å². The van der Waals surface area contributed by atoms with Crippen molar-refractivity contribution in [3.8, 4) is 17.1 Å². The number of nitrogens with zero attached hydrogens (tertiary/aromatic N) is 7. The number of methoxy groups -OCH3 is 1. The number of rotatable bonds is 6. The van der Waals surface area contributed by atoms with Crippen LogP contribution >= 0.6 is 0 Å². The molecule has 6 heterocycles. The number of anilines is 1. The first-order chi connectivity index (χ1) is 17.7. The van der Waals surface area contributed by atoms with Crippen LogP contribution < -0.4 is 9.64 Å². The summed E-state index contributed by atoms with van der Waals surface area (Å²) < 4.78 is 7.47. The number of benzene rings is 1. The van der Waals surface area contributed by atoms with E-state index in [-0.39, 0.29) is 5.92 Å². The van der Waals surface area contributed by atoms with Crippen LogP contribution in [0.3, 0.4) is 0 Å². The minimum atomic E-state index is 0.104. The third-order valence-corrected chi connectivity index (χ3v) is 8.08. The summed E-state index contributed by atoms with van der Waals surface area (Å²) in [6, 6.07) is 14.3. The fourth-order valence-corrected chi connectivity index (χ4v) is 6.14. The lowest BCUT2D eigenvalue weighted by molar-refractivity contribution is -0.144. The predicted molar refractivity (Wildman–Crippen MR) is 137 cm³/mol. The second-order valence-corrected chi connectivity index (χ2v) is 10.1. The van der Waals surface area contributed by atoms with Gasteiger partial charge in [0.25, 0.3) is 0 Å². The molecule has 7 rings (SSSR count). The van der Waals surface area contributed by atoms with Crippen molar-refractivity contribution in [1.29, 1.82) is 0 Å². The average molecular weight is 488 g/mol. The van der Waals surface area contributed by atoms with Crippen LogP contribution in [0.15, 0.2) is 54.9 Å². The second kappa shape index (κ2) is 9.89.